The van der Waals surface area contributed by atoms with Gasteiger partial charge in [0.25, 0.3) is 5.91 Å². The molecule has 1 amide bonds. The number of methoxy groups -OCH3 is 1. The van der Waals surface area contributed by atoms with E-state index in [2.05, 4.69) is 4.90 Å². The molecule has 9 nitrogen and oxygen atoms in total. The first-order valence-electron chi connectivity index (χ1n) is 12.5. The maximum absolute atomic E-state index is 14.7. The van der Waals surface area contributed by atoms with Crippen molar-refractivity contribution in [1.29, 1.82) is 0 Å². The first kappa shape index (κ1) is 29.4. The van der Waals surface area contributed by atoms with Gasteiger partial charge in [-0.15, -0.1) is 5.17 Å². The monoisotopic (exact) mass is 535 g/mol. The van der Waals surface area contributed by atoms with Crippen LogP contribution in [0.15, 0.2) is 18.2 Å². The summed E-state index contributed by atoms with van der Waals surface area (Å²) >= 11 is 0. The minimum Gasteiger partial charge on any atom is -0.493 e. The normalized spacial score (nSPS) is 19.4. The number of ether oxygens (including phenoxy) is 2. The van der Waals surface area contributed by atoms with Crippen LogP contribution in [-0.4, -0.2) is 106 Å². The Morgan fingerprint density at radius 2 is 1.78 bits per heavy atom. The molecule has 210 valence electrons. The quantitative estimate of drug-likeness (QED) is 0.248. The molecular weight excluding hydrogens is 498 g/mol. The highest BCUT2D eigenvalue weighted by Gasteiger charge is 2.43. The number of rotatable bonds is 12. The third-order valence-electron chi connectivity index (χ3n) is 6.82. The summed E-state index contributed by atoms with van der Waals surface area (Å²) in [6.07, 6.45) is -4.41. The van der Waals surface area contributed by atoms with E-state index in [4.69, 9.17) is 20.0 Å². The number of piperidine rings is 1. The van der Waals surface area contributed by atoms with Crippen molar-refractivity contribution in [2.45, 2.75) is 37.5 Å². The number of anilines is 1. The van der Waals surface area contributed by atoms with Gasteiger partial charge in [-0.05, 0) is 18.6 Å². The van der Waals surface area contributed by atoms with Gasteiger partial charge in [0.05, 0.1) is 18.9 Å². The van der Waals surface area contributed by atoms with Gasteiger partial charge in [-0.2, -0.15) is 13.2 Å². The lowest BCUT2D eigenvalue weighted by molar-refractivity contribution is -0.324. The molecule has 0 unspecified atom stereocenters. The Kier molecular flexibility index (Phi) is 10.4. The summed E-state index contributed by atoms with van der Waals surface area (Å²) < 4.78 is 61.9. The van der Waals surface area contributed by atoms with E-state index in [0.29, 0.717) is 64.4 Å². The number of nitrogens with two attached hydrogens (primary N) is 1. The molecule has 2 saturated heterocycles. The first-order chi connectivity index (χ1) is 17.5. The van der Waals surface area contributed by atoms with Crippen molar-refractivity contribution >= 4 is 11.6 Å². The van der Waals surface area contributed by atoms with Gasteiger partial charge >= 0.3 is 6.18 Å². The summed E-state index contributed by atoms with van der Waals surface area (Å²) in [7, 11) is 3.39. The van der Waals surface area contributed by atoms with E-state index in [-0.39, 0.29) is 18.8 Å². The zero-order valence-corrected chi connectivity index (χ0v) is 21.4. The molecule has 2 fully saturated rings. The fourth-order valence-electron chi connectivity index (χ4n) is 4.57. The third-order valence-corrected chi connectivity index (χ3v) is 6.82. The van der Waals surface area contributed by atoms with E-state index in [1.807, 2.05) is 9.91 Å². The third kappa shape index (κ3) is 8.40. The van der Waals surface area contributed by atoms with Crippen molar-refractivity contribution in [1.82, 2.24) is 15.1 Å². The predicted molar refractivity (Wildman–Crippen MR) is 129 cm³/mol. The topological polar surface area (TPSA) is 83.7 Å². The van der Waals surface area contributed by atoms with Crippen molar-refractivity contribution in [3.63, 3.8) is 0 Å². The maximum atomic E-state index is 14.7. The fraction of sp³-hybridized carbons (Fsp3) is 0.708. The standard InChI is InChI=1S/C24H37F4N5O4/c1-30(37-23(22(29)34)7-9-31(10-8-23)15-17-35-2)33-13-11-32(12-14-33)21-5-4-19(18-20(21)25)36-16-3-6-24(26,27)28/h4-5,18H,3,6-17H2,1-2H3,(H2,29,34). The largest absolute Gasteiger partial charge is 0.493 e. The molecule has 2 N–H and O–H groups in total. The Morgan fingerprint density at radius 3 is 2.35 bits per heavy atom. The Morgan fingerprint density at radius 1 is 1.11 bits per heavy atom. The van der Waals surface area contributed by atoms with Crippen LogP contribution >= 0.6 is 0 Å². The average molecular weight is 536 g/mol. The van der Waals surface area contributed by atoms with Crippen molar-refractivity contribution in [2.75, 3.05) is 78.1 Å². The smallest absolute Gasteiger partial charge is 0.389 e. The second kappa shape index (κ2) is 13.1. The molecule has 2 aliphatic rings. The molecular formula is C24H37F4N5O4. The number of likely N-dealkylation sites (tertiary alicyclic amines) is 1. The molecule has 1 aromatic carbocycles. The summed E-state index contributed by atoms with van der Waals surface area (Å²) in [5.41, 5.74) is 5.05. The summed E-state index contributed by atoms with van der Waals surface area (Å²) in [5, 5.41) is 3.51. The number of carbonyl (C=O) groups is 1. The molecule has 0 aromatic heterocycles. The molecule has 0 aliphatic carbocycles. The van der Waals surface area contributed by atoms with Crippen molar-refractivity contribution in [2.24, 2.45) is 5.73 Å². The van der Waals surface area contributed by atoms with Crippen LogP contribution in [0.5, 0.6) is 5.75 Å². The summed E-state index contributed by atoms with van der Waals surface area (Å²) in [6.45, 7) is 4.68. The number of hydroxylamine groups is 1. The van der Waals surface area contributed by atoms with Crippen molar-refractivity contribution in [3.05, 3.63) is 24.0 Å². The fourth-order valence-corrected chi connectivity index (χ4v) is 4.57. The van der Waals surface area contributed by atoms with Gasteiger partial charge in [0.1, 0.15) is 11.6 Å². The molecule has 2 aliphatic heterocycles. The van der Waals surface area contributed by atoms with Gasteiger partial charge in [0.15, 0.2) is 5.60 Å². The van der Waals surface area contributed by atoms with E-state index in [1.54, 1.807) is 31.5 Å². The van der Waals surface area contributed by atoms with Crippen LogP contribution in [0, 0.1) is 5.82 Å². The minimum absolute atomic E-state index is 0.138. The summed E-state index contributed by atoms with van der Waals surface area (Å²) in [4.78, 5) is 22.6. The number of piperazine rings is 1. The number of halogens is 4. The van der Waals surface area contributed by atoms with Gasteiger partial charge in [-0.3, -0.25) is 9.63 Å². The van der Waals surface area contributed by atoms with Crippen LogP contribution in [-0.2, 0) is 14.4 Å². The SMILES string of the molecule is COCCN1CCC(ON(C)N2CCN(c3ccc(OCCCC(F)(F)F)cc3F)CC2)(C(N)=O)CC1. The molecule has 1 aromatic rings. The van der Waals surface area contributed by atoms with Gasteiger partial charge < -0.3 is 25.0 Å². The number of benzene rings is 1. The molecule has 0 spiro atoms. The summed E-state index contributed by atoms with van der Waals surface area (Å²) in [5.74, 6) is -0.799. The number of alkyl halides is 3. The maximum Gasteiger partial charge on any atom is 0.389 e. The number of amides is 1. The van der Waals surface area contributed by atoms with Gasteiger partial charge in [-0.1, -0.05) is 0 Å². The highest BCUT2D eigenvalue weighted by molar-refractivity contribution is 5.83. The predicted octanol–water partition coefficient (Wildman–Crippen LogP) is 2.41. The lowest BCUT2D eigenvalue weighted by atomic mass is 9.90. The van der Waals surface area contributed by atoms with Gasteiger partial charge in [-0.25, -0.2) is 9.40 Å². The van der Waals surface area contributed by atoms with Gasteiger partial charge in [0, 0.05) is 85.3 Å². The van der Waals surface area contributed by atoms with Crippen LogP contribution in [0.3, 0.4) is 0 Å². The van der Waals surface area contributed by atoms with E-state index in [1.165, 1.54) is 6.07 Å². The highest BCUT2D eigenvalue weighted by atomic mass is 19.4. The van der Waals surface area contributed by atoms with Crippen LogP contribution in [0.2, 0.25) is 0 Å². The number of primary amides is 1. The van der Waals surface area contributed by atoms with Crippen LogP contribution in [0.1, 0.15) is 25.7 Å². The lowest BCUT2D eigenvalue weighted by Gasteiger charge is -2.45. The number of hydrogen-bond acceptors (Lipinski definition) is 8. The number of carbonyl (C=O) groups excluding carboxylic acids is 1. The second-order valence-corrected chi connectivity index (χ2v) is 9.37. The van der Waals surface area contributed by atoms with Crippen molar-refractivity contribution in [3.8, 4) is 5.75 Å². The molecule has 37 heavy (non-hydrogen) atoms. The molecule has 0 atom stereocenters. The molecule has 0 bridgehead atoms. The lowest BCUT2D eigenvalue weighted by Crippen LogP contribution is -2.60. The molecule has 0 saturated carbocycles. The van der Waals surface area contributed by atoms with E-state index >= 15 is 0 Å². The minimum atomic E-state index is -4.23. The average Bonchev–Trinajstić information content (AvgIpc) is 2.86. The van der Waals surface area contributed by atoms with Crippen molar-refractivity contribution < 1.29 is 36.7 Å². The Labute approximate surface area is 214 Å². The van der Waals surface area contributed by atoms with E-state index in [9.17, 15) is 22.4 Å². The number of hydrogen-bond donors (Lipinski definition) is 1. The Balaban J connectivity index is 1.49. The molecule has 3 rings (SSSR count). The summed E-state index contributed by atoms with van der Waals surface area (Å²) in [6, 6.07) is 4.33. The highest BCUT2D eigenvalue weighted by Crippen LogP contribution is 2.29. The van der Waals surface area contributed by atoms with E-state index in [0.717, 1.165) is 6.54 Å². The number of nitrogens with zero attached hydrogens (tertiary/aromatic N) is 4. The van der Waals surface area contributed by atoms with Crippen LogP contribution in [0.4, 0.5) is 23.2 Å². The van der Waals surface area contributed by atoms with E-state index < -0.39 is 29.9 Å². The first-order valence-corrected chi connectivity index (χ1v) is 12.5. The van der Waals surface area contributed by atoms with Crippen LogP contribution < -0.4 is 15.4 Å². The molecule has 2 heterocycles. The van der Waals surface area contributed by atoms with Gasteiger partial charge in [0.2, 0.25) is 0 Å². The molecule has 0 radical (unpaired) electrons. The molecule has 13 heteroatoms. The zero-order valence-electron chi connectivity index (χ0n) is 21.4. The zero-order chi connectivity index (χ0) is 27.1. The number of hydrazine groups is 1. The Bertz CT molecular complexity index is 875. The second-order valence-electron chi connectivity index (χ2n) is 9.37. The van der Waals surface area contributed by atoms with Crippen LogP contribution in [0.25, 0.3) is 0 Å². The Hall–Kier alpha value is -2.19.